The number of hydrogen-bond donors (Lipinski definition) is 2. The molecule has 1 aliphatic rings. The van der Waals surface area contributed by atoms with E-state index in [1.165, 1.54) is 0 Å². The molecule has 0 saturated heterocycles. The largest absolute Gasteiger partial charge is 0.495 e. The molecule has 2 amide bonds. The number of nitrogens with zero attached hydrogens (tertiary/aromatic N) is 2. The molecule has 0 atom stereocenters. The van der Waals surface area contributed by atoms with Crippen molar-refractivity contribution in [2.45, 2.75) is 6.54 Å². The van der Waals surface area contributed by atoms with E-state index in [0.717, 1.165) is 5.39 Å². The molecule has 0 aliphatic carbocycles. The minimum Gasteiger partial charge on any atom is -0.495 e. The number of para-hydroxylation sites is 2. The maximum absolute atomic E-state index is 13.2. The topological polar surface area (TPSA) is 96.1 Å². The number of amides is 2. The van der Waals surface area contributed by atoms with Crippen LogP contribution in [0.5, 0.6) is 17.2 Å². The van der Waals surface area contributed by atoms with Crippen molar-refractivity contribution in [2.24, 2.45) is 0 Å². The van der Waals surface area contributed by atoms with Gasteiger partial charge in [-0.1, -0.05) is 12.1 Å². The van der Waals surface area contributed by atoms with Crippen molar-refractivity contribution in [1.29, 1.82) is 0 Å². The molecule has 2 heterocycles. The fourth-order valence-electron chi connectivity index (χ4n) is 3.63. The van der Waals surface area contributed by atoms with Crippen LogP contribution in [0.1, 0.15) is 5.56 Å². The number of hydrogen-bond acceptors (Lipinski definition) is 6. The van der Waals surface area contributed by atoms with Gasteiger partial charge in [-0.2, -0.15) is 0 Å². The van der Waals surface area contributed by atoms with E-state index in [-0.39, 0.29) is 18.1 Å². The molecule has 3 aromatic rings. The number of likely N-dealkylation sites (N-methyl/N-ethyl adjacent to an activating group) is 1. The molecule has 0 radical (unpaired) electrons. The molecule has 1 aliphatic heterocycles. The molecule has 0 unspecified atom stereocenters. The summed E-state index contributed by atoms with van der Waals surface area (Å²) >= 11 is 0. The summed E-state index contributed by atoms with van der Waals surface area (Å²) in [6.45, 7) is 2.18. The van der Waals surface area contributed by atoms with E-state index < -0.39 is 0 Å². The molecular formula is C24H28N4O5. The predicted octanol–water partition coefficient (Wildman–Crippen LogP) is 2.90. The zero-order valence-corrected chi connectivity index (χ0v) is 19.0. The first-order valence-electron chi connectivity index (χ1n) is 10.7. The Hall–Kier alpha value is -3.72. The average molecular weight is 453 g/mol. The molecule has 9 heteroatoms. The molecule has 33 heavy (non-hydrogen) atoms. The van der Waals surface area contributed by atoms with E-state index in [1.807, 2.05) is 37.2 Å². The Morgan fingerprint density at radius 3 is 2.55 bits per heavy atom. The van der Waals surface area contributed by atoms with Gasteiger partial charge in [-0.25, -0.2) is 4.79 Å². The van der Waals surface area contributed by atoms with Crippen LogP contribution in [0, 0.1) is 0 Å². The molecule has 2 aromatic carbocycles. The van der Waals surface area contributed by atoms with Crippen LogP contribution in [-0.2, 0) is 6.54 Å². The Labute approximate surface area is 191 Å². The number of methoxy groups -OCH3 is 1. The Kier molecular flexibility index (Phi) is 6.69. The first-order chi connectivity index (χ1) is 15.9. The minimum atomic E-state index is -0.317. The van der Waals surface area contributed by atoms with Gasteiger partial charge in [-0.3, -0.25) is 4.79 Å². The van der Waals surface area contributed by atoms with Crippen molar-refractivity contribution in [3.8, 4) is 17.2 Å². The number of benzene rings is 2. The summed E-state index contributed by atoms with van der Waals surface area (Å²) in [5.74, 6) is 1.82. The number of ether oxygens (including phenoxy) is 3. The number of anilines is 1. The van der Waals surface area contributed by atoms with Crippen LogP contribution >= 0.6 is 0 Å². The fraction of sp³-hybridized carbons (Fsp3) is 0.333. The molecule has 9 nitrogen and oxygen atoms in total. The van der Waals surface area contributed by atoms with Crippen molar-refractivity contribution in [2.75, 3.05) is 52.8 Å². The zero-order chi connectivity index (χ0) is 23.4. The number of urea groups is 1. The molecule has 0 fully saturated rings. The van der Waals surface area contributed by atoms with E-state index in [2.05, 4.69) is 10.3 Å². The number of aromatic amines is 1. The molecule has 0 spiro atoms. The van der Waals surface area contributed by atoms with Crippen molar-refractivity contribution in [3.63, 3.8) is 0 Å². The second-order valence-electron chi connectivity index (χ2n) is 8.06. The van der Waals surface area contributed by atoms with Gasteiger partial charge in [-0.05, 0) is 38.4 Å². The van der Waals surface area contributed by atoms with Crippen molar-refractivity contribution in [3.05, 3.63) is 58.4 Å². The van der Waals surface area contributed by atoms with Gasteiger partial charge in [0.15, 0.2) is 11.5 Å². The van der Waals surface area contributed by atoms with Crippen LogP contribution in [0.25, 0.3) is 10.9 Å². The molecule has 4 rings (SSSR count). The van der Waals surface area contributed by atoms with E-state index in [1.54, 1.807) is 36.3 Å². The van der Waals surface area contributed by atoms with Gasteiger partial charge in [-0.15, -0.1) is 0 Å². The van der Waals surface area contributed by atoms with Gasteiger partial charge in [0.25, 0.3) is 5.56 Å². The number of pyridine rings is 1. The lowest BCUT2D eigenvalue weighted by molar-refractivity contribution is 0.172. The van der Waals surface area contributed by atoms with E-state index in [9.17, 15) is 9.59 Å². The van der Waals surface area contributed by atoms with Gasteiger partial charge in [0.05, 0.1) is 24.9 Å². The fourth-order valence-corrected chi connectivity index (χ4v) is 3.63. The summed E-state index contributed by atoms with van der Waals surface area (Å²) in [5.41, 5.74) is 1.45. The number of nitrogens with one attached hydrogen (secondary N) is 2. The normalized spacial score (nSPS) is 12.6. The number of H-pyrrole nitrogens is 1. The first-order valence-corrected chi connectivity index (χ1v) is 10.7. The second kappa shape index (κ2) is 9.83. The van der Waals surface area contributed by atoms with Crippen molar-refractivity contribution < 1.29 is 19.0 Å². The predicted molar refractivity (Wildman–Crippen MR) is 127 cm³/mol. The third-order valence-corrected chi connectivity index (χ3v) is 5.40. The third-order valence-electron chi connectivity index (χ3n) is 5.40. The lowest BCUT2D eigenvalue weighted by atomic mass is 10.1. The van der Waals surface area contributed by atoms with Gasteiger partial charge in [0.2, 0.25) is 0 Å². The second-order valence-corrected chi connectivity index (χ2v) is 8.06. The van der Waals surface area contributed by atoms with Crippen molar-refractivity contribution >= 4 is 22.6 Å². The van der Waals surface area contributed by atoms with E-state index >= 15 is 0 Å². The van der Waals surface area contributed by atoms with Gasteiger partial charge in [0.1, 0.15) is 19.0 Å². The highest BCUT2D eigenvalue weighted by atomic mass is 16.6. The SMILES string of the molecule is COc1ccccc1NC(=O)N(CCN(C)C)Cc1cc2cc3c(cc2[nH]c1=O)OCCO3. The summed E-state index contributed by atoms with van der Waals surface area (Å²) in [6.07, 6.45) is 0. The molecular weight excluding hydrogens is 424 g/mol. The Bertz CT molecular complexity index is 1210. The maximum atomic E-state index is 13.2. The lowest BCUT2D eigenvalue weighted by Gasteiger charge is -2.25. The third kappa shape index (κ3) is 5.20. The molecule has 174 valence electrons. The molecule has 0 saturated carbocycles. The van der Waals surface area contributed by atoms with Crippen LogP contribution in [-0.4, -0.2) is 68.3 Å². The van der Waals surface area contributed by atoms with Crippen LogP contribution in [0.2, 0.25) is 0 Å². The minimum absolute atomic E-state index is 0.147. The van der Waals surface area contributed by atoms with Crippen LogP contribution in [0.4, 0.5) is 10.5 Å². The average Bonchev–Trinajstić information content (AvgIpc) is 2.81. The summed E-state index contributed by atoms with van der Waals surface area (Å²) < 4.78 is 16.6. The van der Waals surface area contributed by atoms with Gasteiger partial charge >= 0.3 is 6.03 Å². The quantitative estimate of drug-likeness (QED) is 0.572. The number of aromatic nitrogens is 1. The number of fused-ring (bicyclic) bond motifs is 2. The lowest BCUT2D eigenvalue weighted by Crippen LogP contribution is -2.40. The van der Waals surface area contributed by atoms with E-state index in [4.69, 9.17) is 14.2 Å². The highest BCUT2D eigenvalue weighted by Gasteiger charge is 2.19. The number of carbonyl (C=O) groups is 1. The standard InChI is InChI=1S/C24H28N4O5/c1-27(2)8-9-28(24(30)26-18-6-4-5-7-20(18)31-3)15-17-12-16-13-21-22(33-11-10-32-21)14-19(16)25-23(17)29/h4-7,12-14H,8-11,15H2,1-3H3,(H,25,29)(H,26,30). The Morgan fingerprint density at radius 2 is 1.82 bits per heavy atom. The van der Waals surface area contributed by atoms with Gasteiger partial charge < -0.3 is 34.3 Å². The van der Waals surface area contributed by atoms with Crippen LogP contribution < -0.4 is 25.1 Å². The Morgan fingerprint density at radius 1 is 1.09 bits per heavy atom. The molecule has 1 aromatic heterocycles. The number of rotatable bonds is 7. The summed E-state index contributed by atoms with van der Waals surface area (Å²) in [4.78, 5) is 32.5. The zero-order valence-electron chi connectivity index (χ0n) is 19.0. The van der Waals surface area contributed by atoms with E-state index in [0.29, 0.717) is 60.3 Å². The smallest absolute Gasteiger partial charge is 0.322 e. The summed E-state index contributed by atoms with van der Waals surface area (Å²) in [5, 5.41) is 3.71. The summed E-state index contributed by atoms with van der Waals surface area (Å²) in [6, 6.07) is 12.3. The van der Waals surface area contributed by atoms with Gasteiger partial charge in [0, 0.05) is 30.1 Å². The van der Waals surface area contributed by atoms with Crippen LogP contribution in [0.3, 0.4) is 0 Å². The van der Waals surface area contributed by atoms with Crippen molar-refractivity contribution in [1.82, 2.24) is 14.8 Å². The highest BCUT2D eigenvalue weighted by molar-refractivity contribution is 5.91. The van der Waals surface area contributed by atoms with Crippen LogP contribution in [0.15, 0.2) is 47.3 Å². The molecule has 2 N–H and O–H groups in total. The number of carbonyl (C=O) groups excluding carboxylic acids is 1. The first kappa shape index (κ1) is 22.5. The monoisotopic (exact) mass is 452 g/mol. The molecule has 0 bridgehead atoms. The maximum Gasteiger partial charge on any atom is 0.322 e. The highest BCUT2D eigenvalue weighted by Crippen LogP contribution is 2.33. The Balaban J connectivity index is 1.61. The summed E-state index contributed by atoms with van der Waals surface area (Å²) in [7, 11) is 5.42.